The van der Waals surface area contributed by atoms with Crippen LogP contribution in [0.4, 0.5) is 0 Å². The second kappa shape index (κ2) is 15.9. The Morgan fingerprint density at radius 3 is 1.30 bits per heavy atom. The third-order valence-electron chi connectivity index (χ3n) is 7.03. The van der Waals surface area contributed by atoms with Crippen molar-refractivity contribution in [2.45, 2.75) is 13.8 Å². The molecule has 0 saturated heterocycles. The van der Waals surface area contributed by atoms with Gasteiger partial charge in [0.05, 0.1) is 0 Å². The summed E-state index contributed by atoms with van der Waals surface area (Å²) in [5, 5.41) is 5.37. The summed E-state index contributed by atoms with van der Waals surface area (Å²) in [5.41, 5.74) is 9.04. The molecule has 0 radical (unpaired) electrons. The van der Waals surface area contributed by atoms with Gasteiger partial charge in [0.15, 0.2) is 0 Å². The number of halogens is 2. The molecular formula is C40H35Cl2Zr-3. The van der Waals surface area contributed by atoms with Crippen LogP contribution >= 0.6 is 17.0 Å². The van der Waals surface area contributed by atoms with Crippen molar-refractivity contribution in [3.05, 3.63) is 176 Å². The Bertz CT molecular complexity index is 1780. The van der Waals surface area contributed by atoms with E-state index >= 15 is 0 Å². The molecule has 0 aliphatic rings. The molecule has 0 amide bonds. The van der Waals surface area contributed by atoms with Gasteiger partial charge in [-0.2, -0.15) is 12.1 Å². The molecule has 0 aliphatic heterocycles. The van der Waals surface area contributed by atoms with E-state index in [2.05, 4.69) is 135 Å². The van der Waals surface area contributed by atoms with Crippen LogP contribution < -0.4 is 0 Å². The standard InChI is InChI=1S/2C16H13.C7H6.CH3.2ClH.Zr/c2*1-12-10-14-8-5-9-15(16(14)11-12)13-6-3-2-4-7-13;1-7-5-3-2-4-6-7;;;;/h2*2-11H,1H3;1-6H;1H3;2*1H;/q2*-1;;-1;;;+2/p-2. The predicted octanol–water partition coefficient (Wildman–Crippen LogP) is 12.3. The third kappa shape index (κ3) is 8.84. The van der Waals surface area contributed by atoms with E-state index < -0.39 is 18.9 Å². The minimum absolute atomic E-state index is 0. The van der Waals surface area contributed by atoms with Crippen molar-refractivity contribution in [2.75, 3.05) is 0 Å². The van der Waals surface area contributed by atoms with Gasteiger partial charge in [-0.1, -0.05) is 97.8 Å². The van der Waals surface area contributed by atoms with Gasteiger partial charge in [0.1, 0.15) is 0 Å². The second-order valence-electron chi connectivity index (χ2n) is 10.3. The van der Waals surface area contributed by atoms with Crippen LogP contribution in [0.1, 0.15) is 16.7 Å². The average Bonchev–Trinajstić information content (AvgIpc) is 3.59. The molecule has 0 atom stereocenters. The molecule has 0 heterocycles. The Morgan fingerprint density at radius 2 is 0.907 bits per heavy atom. The summed E-state index contributed by atoms with van der Waals surface area (Å²) in [4.78, 5) is 0. The zero-order valence-electron chi connectivity index (χ0n) is 24.8. The van der Waals surface area contributed by atoms with E-state index in [0.29, 0.717) is 0 Å². The topological polar surface area (TPSA) is 0 Å². The molecule has 0 fully saturated rings. The number of benzene rings is 5. The molecule has 216 valence electrons. The van der Waals surface area contributed by atoms with Crippen LogP contribution in [0.3, 0.4) is 0 Å². The summed E-state index contributed by atoms with van der Waals surface area (Å²) in [7, 11) is 11.4. The summed E-state index contributed by atoms with van der Waals surface area (Å²) < 4.78 is 1.98. The molecule has 43 heavy (non-hydrogen) atoms. The number of hydrogen-bond acceptors (Lipinski definition) is 0. The Kier molecular flexibility index (Phi) is 12.1. The fraction of sp³-hybridized carbons (Fsp3) is 0.0500. The van der Waals surface area contributed by atoms with Gasteiger partial charge in [0, 0.05) is 0 Å². The summed E-state index contributed by atoms with van der Waals surface area (Å²) in [6.07, 6.45) is 0. The fourth-order valence-electron chi connectivity index (χ4n) is 5.18. The van der Waals surface area contributed by atoms with Crippen LogP contribution in [0, 0.1) is 21.3 Å². The third-order valence-corrected chi connectivity index (χ3v) is 9.68. The number of hydrogen-bond donors (Lipinski definition) is 0. The van der Waals surface area contributed by atoms with Gasteiger partial charge < -0.3 is 7.43 Å². The molecule has 7 aromatic carbocycles. The van der Waals surface area contributed by atoms with Gasteiger partial charge in [0.25, 0.3) is 0 Å². The van der Waals surface area contributed by atoms with Gasteiger partial charge in [0.2, 0.25) is 0 Å². The second-order valence-corrected chi connectivity index (χ2v) is 18.4. The van der Waals surface area contributed by atoms with Gasteiger partial charge in [-0.15, -0.1) is 69.1 Å². The maximum atomic E-state index is 5.72. The molecule has 0 saturated carbocycles. The molecular weight excluding hydrogens is 643 g/mol. The van der Waals surface area contributed by atoms with E-state index in [9.17, 15) is 0 Å². The Labute approximate surface area is 271 Å². The molecule has 0 aromatic heterocycles. The SMILES string of the molecule is Cc1cc2c(-c3ccccc3)cccc2[cH-]1.Cc1cc2c(-c3ccccc3)cccc2[cH-]1.[CH3-].[Cl][Zr]([Cl])=[CH]c1ccccc1. The molecule has 7 aromatic rings. The van der Waals surface area contributed by atoms with Crippen molar-refractivity contribution in [1.82, 2.24) is 0 Å². The summed E-state index contributed by atoms with van der Waals surface area (Å²) in [5.74, 6) is 0. The molecule has 7 rings (SSSR count). The number of rotatable bonds is 3. The van der Waals surface area contributed by atoms with Crippen LogP contribution in [-0.2, 0) is 18.9 Å². The number of aryl methyl sites for hydroxylation is 2. The quantitative estimate of drug-likeness (QED) is 0.163. The van der Waals surface area contributed by atoms with E-state index in [4.69, 9.17) is 17.0 Å². The van der Waals surface area contributed by atoms with Crippen molar-refractivity contribution >= 4 is 42.3 Å². The zero-order chi connectivity index (χ0) is 29.3. The van der Waals surface area contributed by atoms with Crippen LogP contribution in [-0.4, -0.2) is 3.71 Å². The van der Waals surface area contributed by atoms with Crippen molar-refractivity contribution in [3.8, 4) is 22.3 Å². The van der Waals surface area contributed by atoms with Crippen molar-refractivity contribution in [3.63, 3.8) is 0 Å². The normalized spacial score (nSPS) is 10.1. The van der Waals surface area contributed by atoms with Crippen LogP contribution in [0.15, 0.2) is 152 Å². The van der Waals surface area contributed by atoms with Crippen LogP contribution in [0.25, 0.3) is 43.8 Å². The van der Waals surface area contributed by atoms with E-state index in [1.807, 2.05) is 34.0 Å². The van der Waals surface area contributed by atoms with E-state index in [1.54, 1.807) is 0 Å². The molecule has 0 N–H and O–H groups in total. The molecule has 0 spiro atoms. The summed E-state index contributed by atoms with van der Waals surface area (Å²) >= 11 is -2.06. The van der Waals surface area contributed by atoms with Crippen molar-refractivity contribution in [2.24, 2.45) is 0 Å². The predicted molar refractivity (Wildman–Crippen MR) is 189 cm³/mol. The zero-order valence-corrected chi connectivity index (χ0v) is 28.7. The Morgan fingerprint density at radius 1 is 0.512 bits per heavy atom. The average molecular weight is 678 g/mol. The first-order valence-corrected chi connectivity index (χ1v) is 21.7. The first kappa shape index (κ1) is 32.6. The maximum absolute atomic E-state index is 5.72. The molecule has 0 bridgehead atoms. The minimum atomic E-state index is -2.06. The van der Waals surface area contributed by atoms with Crippen molar-refractivity contribution in [1.29, 1.82) is 0 Å². The molecule has 3 heteroatoms. The van der Waals surface area contributed by atoms with Crippen LogP contribution in [0.5, 0.6) is 0 Å². The first-order chi connectivity index (χ1) is 20.5. The van der Waals surface area contributed by atoms with Gasteiger partial charge >= 0.3 is 75.5 Å². The van der Waals surface area contributed by atoms with E-state index in [0.717, 1.165) is 5.56 Å². The molecule has 0 unspecified atom stereocenters. The Hall–Kier alpha value is -3.35. The Balaban J connectivity index is 0.000000151. The van der Waals surface area contributed by atoms with E-state index in [1.165, 1.54) is 54.9 Å². The fourth-order valence-corrected chi connectivity index (χ4v) is 7.77. The molecule has 0 nitrogen and oxygen atoms in total. The monoisotopic (exact) mass is 675 g/mol. The van der Waals surface area contributed by atoms with Gasteiger partial charge in [-0.25, -0.2) is 0 Å². The first-order valence-electron chi connectivity index (χ1n) is 14.0. The van der Waals surface area contributed by atoms with E-state index in [-0.39, 0.29) is 7.43 Å². The van der Waals surface area contributed by atoms with Crippen molar-refractivity contribution < 1.29 is 18.9 Å². The van der Waals surface area contributed by atoms with Gasteiger partial charge in [-0.3, -0.25) is 0 Å². The number of fused-ring (bicyclic) bond motifs is 2. The molecule has 0 aliphatic carbocycles. The van der Waals surface area contributed by atoms with Crippen LogP contribution in [0.2, 0.25) is 0 Å². The summed E-state index contributed by atoms with van der Waals surface area (Å²) in [6, 6.07) is 53.0. The van der Waals surface area contributed by atoms with Gasteiger partial charge in [-0.05, 0) is 11.1 Å². The summed E-state index contributed by atoms with van der Waals surface area (Å²) in [6.45, 7) is 4.30.